The van der Waals surface area contributed by atoms with E-state index in [2.05, 4.69) is 23.5 Å². The summed E-state index contributed by atoms with van der Waals surface area (Å²) < 4.78 is 6.17. The molecule has 0 fully saturated rings. The zero-order valence-electron chi connectivity index (χ0n) is 14.7. The van der Waals surface area contributed by atoms with Gasteiger partial charge in [0.1, 0.15) is 10.0 Å². The van der Waals surface area contributed by atoms with Gasteiger partial charge in [0.15, 0.2) is 0 Å². The number of hydrogen-bond donors (Lipinski definition) is 1. The van der Waals surface area contributed by atoms with E-state index in [1.165, 1.54) is 16.6 Å². The highest BCUT2D eigenvalue weighted by atomic mass is 32.1. The SMILES string of the molecule is C[C@H]1CCc2c(sc(NC(=O)c3ccno3)c2-c2nc3ccccc3s2)C1. The predicted molar refractivity (Wildman–Crippen MR) is 109 cm³/mol. The van der Waals surface area contributed by atoms with E-state index in [1.807, 2.05) is 18.2 Å². The van der Waals surface area contributed by atoms with E-state index < -0.39 is 0 Å². The summed E-state index contributed by atoms with van der Waals surface area (Å²) in [6.07, 6.45) is 4.72. The number of amides is 1. The number of para-hydroxylation sites is 1. The Hall–Kier alpha value is -2.51. The van der Waals surface area contributed by atoms with Crippen LogP contribution in [0.4, 0.5) is 5.00 Å². The summed E-state index contributed by atoms with van der Waals surface area (Å²) in [6, 6.07) is 9.72. The molecule has 0 radical (unpaired) electrons. The molecule has 1 aliphatic carbocycles. The van der Waals surface area contributed by atoms with Crippen LogP contribution in [0, 0.1) is 5.92 Å². The van der Waals surface area contributed by atoms with Crippen LogP contribution in [0.15, 0.2) is 41.1 Å². The summed E-state index contributed by atoms with van der Waals surface area (Å²) in [7, 11) is 0. The Morgan fingerprint density at radius 3 is 2.96 bits per heavy atom. The minimum atomic E-state index is -0.276. The molecule has 1 N–H and O–H groups in total. The zero-order chi connectivity index (χ0) is 18.4. The second-order valence-corrected chi connectivity index (χ2v) is 9.01. The van der Waals surface area contributed by atoms with Gasteiger partial charge in [0.2, 0.25) is 5.76 Å². The molecule has 4 aromatic rings. The van der Waals surface area contributed by atoms with Crippen LogP contribution in [0.3, 0.4) is 0 Å². The van der Waals surface area contributed by atoms with Crippen molar-refractivity contribution in [3.05, 3.63) is 52.7 Å². The number of anilines is 1. The third-order valence-electron chi connectivity index (χ3n) is 4.91. The lowest BCUT2D eigenvalue weighted by Crippen LogP contribution is -2.11. The molecule has 7 heteroatoms. The highest BCUT2D eigenvalue weighted by Gasteiger charge is 2.27. The van der Waals surface area contributed by atoms with E-state index in [1.54, 1.807) is 28.7 Å². The Bertz CT molecular complexity index is 1090. The molecule has 0 bridgehead atoms. The third kappa shape index (κ3) is 2.96. The summed E-state index contributed by atoms with van der Waals surface area (Å²) in [5, 5.41) is 8.49. The summed E-state index contributed by atoms with van der Waals surface area (Å²) in [4.78, 5) is 18.8. The van der Waals surface area contributed by atoms with Crippen molar-refractivity contribution in [1.82, 2.24) is 10.1 Å². The number of fused-ring (bicyclic) bond motifs is 2. The van der Waals surface area contributed by atoms with E-state index >= 15 is 0 Å². The molecule has 0 saturated heterocycles. The van der Waals surface area contributed by atoms with Crippen molar-refractivity contribution < 1.29 is 9.32 Å². The molecule has 3 heterocycles. The van der Waals surface area contributed by atoms with Gasteiger partial charge in [-0.3, -0.25) is 4.79 Å². The molecule has 136 valence electrons. The molecular formula is C20H17N3O2S2. The first-order valence-electron chi connectivity index (χ1n) is 8.91. The molecule has 1 aromatic carbocycles. The smallest absolute Gasteiger partial charge is 0.294 e. The zero-order valence-corrected chi connectivity index (χ0v) is 16.3. The van der Waals surface area contributed by atoms with Crippen molar-refractivity contribution in [2.24, 2.45) is 5.92 Å². The molecule has 1 atom stereocenters. The summed E-state index contributed by atoms with van der Waals surface area (Å²) in [5.41, 5.74) is 3.41. The lowest BCUT2D eigenvalue weighted by molar-refractivity contribution is 0.0988. The van der Waals surface area contributed by atoms with Crippen LogP contribution < -0.4 is 5.32 Å². The topological polar surface area (TPSA) is 68.0 Å². The second-order valence-electron chi connectivity index (χ2n) is 6.87. The average molecular weight is 396 g/mol. The highest BCUT2D eigenvalue weighted by Crippen LogP contribution is 2.47. The molecule has 1 amide bonds. The fourth-order valence-electron chi connectivity index (χ4n) is 3.54. The van der Waals surface area contributed by atoms with Crippen molar-refractivity contribution in [2.75, 3.05) is 5.32 Å². The van der Waals surface area contributed by atoms with Gasteiger partial charge in [-0.2, -0.15) is 0 Å². The molecule has 0 spiro atoms. The van der Waals surface area contributed by atoms with Gasteiger partial charge < -0.3 is 9.84 Å². The van der Waals surface area contributed by atoms with Crippen LogP contribution in [-0.2, 0) is 12.8 Å². The first-order chi connectivity index (χ1) is 13.2. The minimum absolute atomic E-state index is 0.213. The molecule has 27 heavy (non-hydrogen) atoms. The van der Waals surface area contributed by atoms with Crippen molar-refractivity contribution in [2.45, 2.75) is 26.2 Å². The normalized spacial score (nSPS) is 16.4. The van der Waals surface area contributed by atoms with E-state index in [0.29, 0.717) is 5.92 Å². The van der Waals surface area contributed by atoms with Crippen LogP contribution in [-0.4, -0.2) is 16.0 Å². The second kappa shape index (κ2) is 6.58. The summed E-state index contributed by atoms with van der Waals surface area (Å²) in [5.74, 6) is 0.601. The molecule has 5 rings (SSSR count). The number of thiophene rings is 1. The Labute approximate surface area is 164 Å². The quantitative estimate of drug-likeness (QED) is 0.505. The number of nitrogens with zero attached hydrogens (tertiary/aromatic N) is 2. The Morgan fingerprint density at radius 2 is 2.15 bits per heavy atom. The standard InChI is InChI=1S/C20H17N3O2S2/c1-11-6-7-12-16(10-11)27-20(23-18(24)14-8-9-21-25-14)17(12)19-22-13-4-2-3-5-15(13)26-19/h2-5,8-9,11H,6-7,10H2,1H3,(H,23,24)/t11-/m0/s1. The van der Waals surface area contributed by atoms with Gasteiger partial charge in [-0.25, -0.2) is 4.98 Å². The van der Waals surface area contributed by atoms with Crippen molar-refractivity contribution in [3.8, 4) is 10.6 Å². The van der Waals surface area contributed by atoms with Crippen LogP contribution in [0.25, 0.3) is 20.8 Å². The van der Waals surface area contributed by atoms with Gasteiger partial charge >= 0.3 is 0 Å². The van der Waals surface area contributed by atoms with Crippen LogP contribution in [0.1, 0.15) is 34.3 Å². The molecule has 0 aliphatic heterocycles. The number of hydrogen-bond acceptors (Lipinski definition) is 6. The maximum absolute atomic E-state index is 12.6. The maximum atomic E-state index is 12.6. The Kier molecular flexibility index (Phi) is 4.06. The Balaban J connectivity index is 1.62. The number of rotatable bonds is 3. The number of aromatic nitrogens is 2. The molecule has 0 saturated carbocycles. The maximum Gasteiger partial charge on any atom is 0.294 e. The summed E-state index contributed by atoms with van der Waals surface area (Å²) in [6.45, 7) is 2.28. The van der Waals surface area contributed by atoms with E-state index in [9.17, 15) is 4.79 Å². The first-order valence-corrected chi connectivity index (χ1v) is 10.5. The number of carbonyl (C=O) groups excluding carboxylic acids is 1. The van der Waals surface area contributed by atoms with Gasteiger partial charge in [-0.1, -0.05) is 24.2 Å². The van der Waals surface area contributed by atoms with E-state index in [-0.39, 0.29) is 11.7 Å². The van der Waals surface area contributed by atoms with E-state index in [4.69, 9.17) is 9.51 Å². The van der Waals surface area contributed by atoms with Crippen molar-refractivity contribution in [1.29, 1.82) is 0 Å². The van der Waals surface area contributed by atoms with Gasteiger partial charge in [-0.15, -0.1) is 22.7 Å². The van der Waals surface area contributed by atoms with Gasteiger partial charge in [0, 0.05) is 16.5 Å². The Morgan fingerprint density at radius 1 is 1.26 bits per heavy atom. The van der Waals surface area contributed by atoms with Gasteiger partial charge in [0.25, 0.3) is 5.91 Å². The number of benzene rings is 1. The summed E-state index contributed by atoms with van der Waals surface area (Å²) >= 11 is 3.34. The fourth-order valence-corrected chi connectivity index (χ4v) is 6.06. The fraction of sp³-hybridized carbons (Fsp3) is 0.250. The van der Waals surface area contributed by atoms with Crippen LogP contribution in [0.5, 0.6) is 0 Å². The van der Waals surface area contributed by atoms with Crippen molar-refractivity contribution >= 4 is 43.8 Å². The monoisotopic (exact) mass is 395 g/mol. The number of nitrogens with one attached hydrogen (secondary N) is 1. The highest BCUT2D eigenvalue weighted by molar-refractivity contribution is 7.22. The largest absolute Gasteiger partial charge is 0.351 e. The molecular weight excluding hydrogens is 378 g/mol. The van der Waals surface area contributed by atoms with E-state index in [0.717, 1.165) is 45.1 Å². The third-order valence-corrected chi connectivity index (χ3v) is 7.13. The van der Waals surface area contributed by atoms with Crippen LogP contribution in [0.2, 0.25) is 0 Å². The van der Waals surface area contributed by atoms with Gasteiger partial charge in [-0.05, 0) is 42.9 Å². The minimum Gasteiger partial charge on any atom is -0.351 e. The lowest BCUT2D eigenvalue weighted by atomic mass is 9.88. The first kappa shape index (κ1) is 16.6. The molecule has 3 aromatic heterocycles. The van der Waals surface area contributed by atoms with Crippen LogP contribution >= 0.6 is 22.7 Å². The molecule has 5 nitrogen and oxygen atoms in total. The average Bonchev–Trinajstić information content (AvgIpc) is 3.38. The van der Waals surface area contributed by atoms with Gasteiger partial charge in [0.05, 0.1) is 16.4 Å². The predicted octanol–water partition coefficient (Wildman–Crippen LogP) is 5.39. The van der Waals surface area contributed by atoms with Crippen molar-refractivity contribution in [3.63, 3.8) is 0 Å². The number of carbonyl (C=O) groups is 1. The lowest BCUT2D eigenvalue weighted by Gasteiger charge is -2.18. The number of thiazole rings is 1. The molecule has 0 unspecified atom stereocenters. The molecule has 1 aliphatic rings.